The number of aromatic nitrogens is 1. The SMILES string of the molecule is Cc1cc(NC(=O)C(C)OC(=O)[C@@H](NC(=O)Cc2ccccc2)C(C)C)no1. The Balaban J connectivity index is 1.92. The van der Waals surface area contributed by atoms with Crippen LogP contribution in [0.5, 0.6) is 0 Å². The van der Waals surface area contributed by atoms with E-state index in [2.05, 4.69) is 15.8 Å². The zero-order valence-corrected chi connectivity index (χ0v) is 16.4. The second-order valence-corrected chi connectivity index (χ2v) is 6.84. The van der Waals surface area contributed by atoms with Crippen LogP contribution in [0.3, 0.4) is 0 Å². The van der Waals surface area contributed by atoms with Gasteiger partial charge in [0.1, 0.15) is 11.8 Å². The van der Waals surface area contributed by atoms with Gasteiger partial charge in [-0.2, -0.15) is 0 Å². The van der Waals surface area contributed by atoms with Crippen molar-refractivity contribution in [2.24, 2.45) is 5.92 Å². The number of hydrogen-bond donors (Lipinski definition) is 2. The lowest BCUT2D eigenvalue weighted by Crippen LogP contribution is -2.47. The number of carbonyl (C=O) groups excluding carboxylic acids is 3. The van der Waals surface area contributed by atoms with E-state index < -0.39 is 24.0 Å². The zero-order chi connectivity index (χ0) is 20.7. The number of esters is 1. The first kappa shape index (κ1) is 21.1. The maximum atomic E-state index is 12.5. The maximum Gasteiger partial charge on any atom is 0.329 e. The highest BCUT2D eigenvalue weighted by Gasteiger charge is 2.29. The number of hydrogen-bond acceptors (Lipinski definition) is 6. The quantitative estimate of drug-likeness (QED) is 0.672. The van der Waals surface area contributed by atoms with Crippen LogP contribution in [0.15, 0.2) is 40.9 Å². The van der Waals surface area contributed by atoms with Crippen LogP contribution in [-0.4, -0.2) is 35.1 Å². The molecule has 2 amide bonds. The van der Waals surface area contributed by atoms with Gasteiger partial charge in [0.15, 0.2) is 11.9 Å². The molecule has 0 aliphatic rings. The lowest BCUT2D eigenvalue weighted by atomic mass is 10.0. The minimum Gasteiger partial charge on any atom is -0.451 e. The van der Waals surface area contributed by atoms with E-state index >= 15 is 0 Å². The van der Waals surface area contributed by atoms with Crippen molar-refractivity contribution in [2.75, 3.05) is 5.32 Å². The molecule has 0 spiro atoms. The largest absolute Gasteiger partial charge is 0.451 e. The molecule has 0 saturated carbocycles. The van der Waals surface area contributed by atoms with Crippen molar-refractivity contribution in [1.82, 2.24) is 10.5 Å². The number of nitrogens with one attached hydrogen (secondary N) is 2. The third kappa shape index (κ3) is 6.22. The minimum atomic E-state index is -1.06. The fraction of sp³-hybridized carbons (Fsp3) is 0.400. The first-order valence-corrected chi connectivity index (χ1v) is 9.04. The molecule has 1 aromatic carbocycles. The van der Waals surface area contributed by atoms with Gasteiger partial charge in [0.05, 0.1) is 6.42 Å². The van der Waals surface area contributed by atoms with Crippen LogP contribution in [0.4, 0.5) is 5.82 Å². The molecule has 1 aromatic heterocycles. The van der Waals surface area contributed by atoms with Gasteiger partial charge >= 0.3 is 5.97 Å². The van der Waals surface area contributed by atoms with Crippen LogP contribution < -0.4 is 10.6 Å². The third-order valence-electron chi connectivity index (χ3n) is 3.99. The van der Waals surface area contributed by atoms with Crippen molar-refractivity contribution in [3.8, 4) is 0 Å². The Bertz CT molecular complexity index is 816. The molecule has 28 heavy (non-hydrogen) atoms. The lowest BCUT2D eigenvalue weighted by molar-refractivity contribution is -0.157. The van der Waals surface area contributed by atoms with E-state index in [4.69, 9.17) is 9.26 Å². The monoisotopic (exact) mass is 387 g/mol. The molecule has 0 radical (unpaired) electrons. The molecule has 0 bridgehead atoms. The van der Waals surface area contributed by atoms with Crippen LogP contribution >= 0.6 is 0 Å². The lowest BCUT2D eigenvalue weighted by Gasteiger charge is -2.22. The Labute approximate surface area is 163 Å². The van der Waals surface area contributed by atoms with Gasteiger partial charge in [-0.05, 0) is 25.3 Å². The number of anilines is 1. The average molecular weight is 387 g/mol. The summed E-state index contributed by atoms with van der Waals surface area (Å²) in [6.45, 7) is 6.72. The van der Waals surface area contributed by atoms with Crippen LogP contribution in [0.25, 0.3) is 0 Å². The summed E-state index contributed by atoms with van der Waals surface area (Å²) in [5.41, 5.74) is 0.839. The topological polar surface area (TPSA) is 111 Å². The van der Waals surface area contributed by atoms with Crippen molar-refractivity contribution in [2.45, 2.75) is 46.3 Å². The van der Waals surface area contributed by atoms with Gasteiger partial charge in [-0.1, -0.05) is 49.3 Å². The van der Waals surface area contributed by atoms with Gasteiger partial charge in [-0.25, -0.2) is 4.79 Å². The molecule has 8 nitrogen and oxygen atoms in total. The number of ether oxygens (including phenoxy) is 1. The summed E-state index contributed by atoms with van der Waals surface area (Å²) in [5, 5.41) is 8.85. The fourth-order valence-corrected chi connectivity index (χ4v) is 2.46. The molecular weight excluding hydrogens is 362 g/mol. The molecule has 0 aliphatic heterocycles. The number of amides is 2. The van der Waals surface area contributed by atoms with E-state index in [0.29, 0.717) is 5.76 Å². The van der Waals surface area contributed by atoms with Gasteiger partial charge in [-0.3, -0.25) is 9.59 Å². The predicted octanol–water partition coefficient (Wildman–Crippen LogP) is 2.24. The number of nitrogens with zero attached hydrogens (tertiary/aromatic N) is 1. The summed E-state index contributed by atoms with van der Waals surface area (Å²) in [7, 11) is 0. The van der Waals surface area contributed by atoms with Crippen LogP contribution in [0, 0.1) is 12.8 Å². The fourth-order valence-electron chi connectivity index (χ4n) is 2.46. The summed E-state index contributed by atoms with van der Waals surface area (Å²) >= 11 is 0. The van der Waals surface area contributed by atoms with E-state index in [9.17, 15) is 14.4 Å². The molecule has 150 valence electrons. The molecule has 0 fully saturated rings. The zero-order valence-electron chi connectivity index (χ0n) is 16.4. The van der Waals surface area contributed by atoms with Crippen molar-refractivity contribution in [3.05, 3.63) is 47.7 Å². The molecule has 8 heteroatoms. The molecule has 0 saturated heterocycles. The van der Waals surface area contributed by atoms with Crippen LogP contribution in [-0.2, 0) is 25.5 Å². The van der Waals surface area contributed by atoms with Gasteiger partial charge in [0.25, 0.3) is 5.91 Å². The Morgan fingerprint density at radius 2 is 1.82 bits per heavy atom. The Morgan fingerprint density at radius 3 is 2.39 bits per heavy atom. The van der Waals surface area contributed by atoms with Gasteiger partial charge in [0.2, 0.25) is 5.91 Å². The van der Waals surface area contributed by atoms with E-state index in [-0.39, 0.29) is 24.1 Å². The summed E-state index contributed by atoms with van der Waals surface area (Å²) < 4.78 is 10.1. The predicted molar refractivity (Wildman–Crippen MR) is 102 cm³/mol. The number of benzene rings is 1. The summed E-state index contributed by atoms with van der Waals surface area (Å²) in [5.74, 6) is -0.934. The standard InChI is InChI=1S/C20H25N3O5/c1-12(2)18(22-17(24)11-15-8-6-5-7-9-15)20(26)27-14(4)19(25)21-16-10-13(3)28-23-16/h5-10,12,14,18H,11H2,1-4H3,(H,22,24)(H,21,23,25)/t14?,18-/m0/s1. The summed E-state index contributed by atoms with van der Waals surface area (Å²) in [6, 6.07) is 9.90. The Morgan fingerprint density at radius 1 is 1.14 bits per heavy atom. The van der Waals surface area contributed by atoms with Crippen LogP contribution in [0.1, 0.15) is 32.1 Å². The highest BCUT2D eigenvalue weighted by molar-refractivity contribution is 5.95. The van der Waals surface area contributed by atoms with Crippen molar-refractivity contribution >= 4 is 23.6 Å². The van der Waals surface area contributed by atoms with Gasteiger partial charge in [-0.15, -0.1) is 0 Å². The Kier molecular flexibility index (Phi) is 7.31. The Hall–Kier alpha value is -3.16. The smallest absolute Gasteiger partial charge is 0.329 e. The number of carbonyl (C=O) groups is 3. The molecule has 2 N–H and O–H groups in total. The highest BCUT2D eigenvalue weighted by Crippen LogP contribution is 2.10. The molecule has 1 unspecified atom stereocenters. The van der Waals surface area contributed by atoms with Crippen LogP contribution in [0.2, 0.25) is 0 Å². The second kappa shape index (κ2) is 9.68. The summed E-state index contributed by atoms with van der Waals surface area (Å²) in [4.78, 5) is 36.9. The first-order valence-electron chi connectivity index (χ1n) is 9.04. The van der Waals surface area contributed by atoms with Crippen molar-refractivity contribution in [1.29, 1.82) is 0 Å². The molecule has 2 rings (SSSR count). The minimum absolute atomic E-state index is 0.152. The van der Waals surface area contributed by atoms with Crippen molar-refractivity contribution < 1.29 is 23.6 Å². The van der Waals surface area contributed by atoms with Gasteiger partial charge < -0.3 is 19.9 Å². The van der Waals surface area contributed by atoms with E-state index in [0.717, 1.165) is 5.56 Å². The second-order valence-electron chi connectivity index (χ2n) is 6.84. The molecular formula is C20H25N3O5. The maximum absolute atomic E-state index is 12.5. The average Bonchev–Trinajstić information content (AvgIpc) is 3.04. The first-order chi connectivity index (χ1) is 13.3. The number of aryl methyl sites for hydroxylation is 1. The third-order valence-corrected chi connectivity index (χ3v) is 3.99. The summed E-state index contributed by atoms with van der Waals surface area (Å²) in [6.07, 6.45) is -0.907. The van der Waals surface area contributed by atoms with Gasteiger partial charge in [0, 0.05) is 6.07 Å². The van der Waals surface area contributed by atoms with Crippen molar-refractivity contribution in [3.63, 3.8) is 0 Å². The molecule has 2 aromatic rings. The molecule has 2 atom stereocenters. The van der Waals surface area contributed by atoms with E-state index in [1.54, 1.807) is 26.8 Å². The van der Waals surface area contributed by atoms with E-state index in [1.807, 2.05) is 30.3 Å². The number of rotatable bonds is 8. The normalized spacial score (nSPS) is 12.9. The molecule has 0 aliphatic carbocycles. The highest BCUT2D eigenvalue weighted by atomic mass is 16.5. The molecule has 1 heterocycles. The van der Waals surface area contributed by atoms with E-state index in [1.165, 1.54) is 6.92 Å².